The highest BCUT2D eigenvalue weighted by Crippen LogP contribution is 2.52. The molecular formula is C13H22N2O4. The molecule has 19 heavy (non-hydrogen) atoms. The standard InChI is InChI=1S/C13H22N2O4/c1-13(2,3)19-12(17)15-6-8-9(7-15)10(8)11(16)14(4)18-5/h8-10H,6-7H2,1-5H3/t8-,9-/m0/s1. The summed E-state index contributed by atoms with van der Waals surface area (Å²) >= 11 is 0. The van der Waals surface area contributed by atoms with Crippen molar-refractivity contribution >= 4 is 12.0 Å². The largest absolute Gasteiger partial charge is 0.444 e. The average molecular weight is 270 g/mol. The second kappa shape index (κ2) is 4.67. The number of hydrogen-bond donors (Lipinski definition) is 0. The predicted octanol–water partition coefficient (Wildman–Crippen LogP) is 1.12. The molecule has 0 unspecified atom stereocenters. The smallest absolute Gasteiger partial charge is 0.410 e. The molecule has 1 aliphatic carbocycles. The molecule has 1 saturated carbocycles. The maximum atomic E-state index is 11.9. The van der Waals surface area contributed by atoms with E-state index in [2.05, 4.69) is 0 Å². The van der Waals surface area contributed by atoms with Gasteiger partial charge in [0.05, 0.1) is 13.0 Å². The number of piperidine rings is 1. The van der Waals surface area contributed by atoms with E-state index in [9.17, 15) is 9.59 Å². The quantitative estimate of drug-likeness (QED) is 0.706. The number of hydroxylamine groups is 2. The van der Waals surface area contributed by atoms with E-state index in [1.165, 1.54) is 12.2 Å². The Morgan fingerprint density at radius 3 is 2.16 bits per heavy atom. The number of ether oxygens (including phenoxy) is 1. The Hall–Kier alpha value is -1.30. The van der Waals surface area contributed by atoms with Gasteiger partial charge in [0.25, 0.3) is 0 Å². The van der Waals surface area contributed by atoms with Crippen LogP contribution in [-0.4, -0.2) is 54.8 Å². The lowest BCUT2D eigenvalue weighted by atomic mass is 10.2. The molecule has 1 aliphatic heterocycles. The van der Waals surface area contributed by atoms with E-state index >= 15 is 0 Å². The molecule has 0 bridgehead atoms. The molecule has 6 heteroatoms. The van der Waals surface area contributed by atoms with E-state index in [0.717, 1.165) is 0 Å². The summed E-state index contributed by atoms with van der Waals surface area (Å²) < 4.78 is 5.32. The summed E-state index contributed by atoms with van der Waals surface area (Å²) in [7, 11) is 3.09. The van der Waals surface area contributed by atoms with Crippen molar-refractivity contribution in [3.8, 4) is 0 Å². The molecule has 1 saturated heterocycles. The third-order valence-corrected chi connectivity index (χ3v) is 3.72. The minimum atomic E-state index is -0.477. The summed E-state index contributed by atoms with van der Waals surface area (Å²) in [5.41, 5.74) is -0.477. The number of nitrogens with zero attached hydrogens (tertiary/aromatic N) is 2. The van der Waals surface area contributed by atoms with E-state index in [1.54, 1.807) is 11.9 Å². The van der Waals surface area contributed by atoms with Crippen LogP contribution >= 0.6 is 0 Å². The molecule has 0 aromatic carbocycles. The molecule has 0 aromatic heterocycles. The first-order valence-electron chi connectivity index (χ1n) is 6.54. The molecule has 2 atom stereocenters. The monoisotopic (exact) mass is 270 g/mol. The first-order chi connectivity index (χ1) is 8.74. The second-order valence-corrected chi connectivity index (χ2v) is 6.26. The average Bonchev–Trinajstić information content (AvgIpc) is 2.78. The van der Waals surface area contributed by atoms with Crippen LogP contribution in [0.2, 0.25) is 0 Å². The van der Waals surface area contributed by atoms with Crippen molar-refractivity contribution < 1.29 is 19.2 Å². The molecule has 2 amide bonds. The van der Waals surface area contributed by atoms with E-state index in [-0.39, 0.29) is 29.8 Å². The lowest BCUT2D eigenvalue weighted by Crippen LogP contribution is -2.38. The maximum Gasteiger partial charge on any atom is 0.410 e. The van der Waals surface area contributed by atoms with Gasteiger partial charge in [-0.25, -0.2) is 9.86 Å². The van der Waals surface area contributed by atoms with Gasteiger partial charge in [0.15, 0.2) is 0 Å². The number of carbonyl (C=O) groups is 2. The second-order valence-electron chi connectivity index (χ2n) is 6.26. The van der Waals surface area contributed by atoms with Crippen molar-refractivity contribution in [3.05, 3.63) is 0 Å². The van der Waals surface area contributed by atoms with E-state index < -0.39 is 5.60 Å². The number of likely N-dealkylation sites (tertiary alicyclic amines) is 1. The van der Waals surface area contributed by atoms with Gasteiger partial charge in [0.2, 0.25) is 5.91 Å². The van der Waals surface area contributed by atoms with E-state index in [1.807, 2.05) is 20.8 Å². The van der Waals surface area contributed by atoms with Gasteiger partial charge < -0.3 is 9.64 Å². The number of fused-ring (bicyclic) bond motifs is 1. The van der Waals surface area contributed by atoms with Crippen molar-refractivity contribution in [2.24, 2.45) is 17.8 Å². The Morgan fingerprint density at radius 2 is 1.74 bits per heavy atom. The summed E-state index contributed by atoms with van der Waals surface area (Å²) in [5, 5.41) is 1.26. The molecule has 0 aromatic rings. The first-order valence-corrected chi connectivity index (χ1v) is 6.54. The van der Waals surface area contributed by atoms with Gasteiger partial charge in [-0.3, -0.25) is 9.63 Å². The number of hydrogen-bond acceptors (Lipinski definition) is 4. The molecule has 1 heterocycles. The summed E-state index contributed by atoms with van der Waals surface area (Å²) in [6.45, 7) is 6.76. The SMILES string of the molecule is CON(C)C(=O)C1[C@H]2CN(C(=O)OC(C)(C)C)C[C@H]12. The van der Waals surface area contributed by atoms with E-state index in [0.29, 0.717) is 13.1 Å². The maximum absolute atomic E-state index is 11.9. The number of carbonyl (C=O) groups excluding carboxylic acids is 2. The lowest BCUT2D eigenvalue weighted by Gasteiger charge is -2.26. The summed E-state index contributed by atoms with van der Waals surface area (Å²) in [6, 6.07) is 0. The van der Waals surface area contributed by atoms with Crippen LogP contribution in [0.3, 0.4) is 0 Å². The van der Waals surface area contributed by atoms with Crippen LogP contribution in [0.4, 0.5) is 4.79 Å². The molecule has 6 nitrogen and oxygen atoms in total. The van der Waals surface area contributed by atoms with Crippen LogP contribution in [0, 0.1) is 17.8 Å². The lowest BCUT2D eigenvalue weighted by molar-refractivity contribution is -0.171. The zero-order valence-electron chi connectivity index (χ0n) is 12.2. The minimum absolute atomic E-state index is 0.00124. The normalized spacial score (nSPS) is 28.9. The summed E-state index contributed by atoms with van der Waals surface area (Å²) in [5.74, 6) is 0.528. The topological polar surface area (TPSA) is 59.1 Å². The van der Waals surface area contributed by atoms with Crippen molar-refractivity contribution in [2.75, 3.05) is 27.2 Å². The molecule has 2 rings (SSSR count). The van der Waals surface area contributed by atoms with Crippen molar-refractivity contribution in [1.29, 1.82) is 0 Å². The first kappa shape index (κ1) is 14.1. The minimum Gasteiger partial charge on any atom is -0.444 e. The molecule has 0 N–H and O–H groups in total. The molecule has 108 valence electrons. The molecule has 2 aliphatic rings. The van der Waals surface area contributed by atoms with Gasteiger partial charge in [-0.2, -0.15) is 0 Å². The number of rotatable bonds is 2. The Balaban J connectivity index is 1.84. The Labute approximate surface area is 113 Å². The van der Waals surface area contributed by atoms with Crippen LogP contribution < -0.4 is 0 Å². The third-order valence-electron chi connectivity index (χ3n) is 3.72. The van der Waals surface area contributed by atoms with Crippen molar-refractivity contribution in [3.63, 3.8) is 0 Å². The fourth-order valence-corrected chi connectivity index (χ4v) is 2.67. The van der Waals surface area contributed by atoms with Gasteiger partial charge in [-0.05, 0) is 32.6 Å². The predicted molar refractivity (Wildman–Crippen MR) is 68.1 cm³/mol. The van der Waals surface area contributed by atoms with Crippen LogP contribution in [0.15, 0.2) is 0 Å². The van der Waals surface area contributed by atoms with Gasteiger partial charge in [0, 0.05) is 20.1 Å². The van der Waals surface area contributed by atoms with Gasteiger partial charge in [0.1, 0.15) is 5.60 Å². The summed E-state index contributed by atoms with van der Waals surface area (Å²) in [6.07, 6.45) is -0.286. The van der Waals surface area contributed by atoms with Gasteiger partial charge in [-0.1, -0.05) is 0 Å². The Bertz CT molecular complexity index is 379. The molecule has 0 spiro atoms. The molecule has 2 fully saturated rings. The zero-order chi connectivity index (χ0) is 14.4. The van der Waals surface area contributed by atoms with Crippen molar-refractivity contribution in [2.45, 2.75) is 26.4 Å². The third kappa shape index (κ3) is 2.83. The fraction of sp³-hybridized carbons (Fsp3) is 0.846. The van der Waals surface area contributed by atoms with Crippen LogP contribution in [-0.2, 0) is 14.4 Å². The highest BCUT2D eigenvalue weighted by molar-refractivity contribution is 5.82. The molecular weight excluding hydrogens is 248 g/mol. The van der Waals surface area contributed by atoms with Crippen LogP contribution in [0.5, 0.6) is 0 Å². The highest BCUT2D eigenvalue weighted by Gasteiger charge is 2.61. The van der Waals surface area contributed by atoms with E-state index in [4.69, 9.17) is 9.57 Å². The molecule has 0 radical (unpaired) electrons. The van der Waals surface area contributed by atoms with Gasteiger partial charge >= 0.3 is 6.09 Å². The summed E-state index contributed by atoms with van der Waals surface area (Å²) in [4.78, 5) is 30.4. The van der Waals surface area contributed by atoms with Crippen molar-refractivity contribution in [1.82, 2.24) is 9.96 Å². The Morgan fingerprint density at radius 1 is 1.21 bits per heavy atom. The Kier molecular flexibility index (Phi) is 3.47. The fourth-order valence-electron chi connectivity index (χ4n) is 2.67. The zero-order valence-corrected chi connectivity index (χ0v) is 12.2. The van der Waals surface area contributed by atoms with Crippen LogP contribution in [0.25, 0.3) is 0 Å². The highest BCUT2D eigenvalue weighted by atomic mass is 16.7. The van der Waals surface area contributed by atoms with Gasteiger partial charge in [-0.15, -0.1) is 0 Å². The van der Waals surface area contributed by atoms with Crippen LogP contribution in [0.1, 0.15) is 20.8 Å². The number of amides is 2.